The normalized spacial score (nSPS) is 10.7. The number of aromatic nitrogens is 3. The second kappa shape index (κ2) is 4.03. The SMILES string of the molecule is COc1ccc2nc3ccccc3nc2c(=O)n1. The summed E-state index contributed by atoms with van der Waals surface area (Å²) in [6, 6.07) is 10.7. The minimum absolute atomic E-state index is 0.247. The van der Waals surface area contributed by atoms with Crippen LogP contribution in [0.1, 0.15) is 0 Å². The summed E-state index contributed by atoms with van der Waals surface area (Å²) in [6.45, 7) is 0. The van der Waals surface area contributed by atoms with Crippen LogP contribution in [0.4, 0.5) is 0 Å². The highest BCUT2D eigenvalue weighted by Gasteiger charge is 2.05. The van der Waals surface area contributed by atoms with Crippen LogP contribution in [0.5, 0.6) is 5.88 Å². The van der Waals surface area contributed by atoms with Gasteiger partial charge in [-0.1, -0.05) is 12.1 Å². The molecule has 2 heterocycles. The van der Waals surface area contributed by atoms with Crippen molar-refractivity contribution >= 4 is 22.1 Å². The third-order valence-electron chi connectivity index (χ3n) is 2.60. The molecule has 18 heavy (non-hydrogen) atoms. The number of nitrogens with zero attached hydrogens (tertiary/aromatic N) is 3. The Morgan fingerprint density at radius 3 is 2.33 bits per heavy atom. The van der Waals surface area contributed by atoms with Gasteiger partial charge in [-0.05, 0) is 18.2 Å². The first kappa shape index (κ1) is 10.6. The summed E-state index contributed by atoms with van der Waals surface area (Å²) in [5.74, 6) is 0.254. The zero-order chi connectivity index (χ0) is 12.5. The number of methoxy groups -OCH3 is 1. The average molecular weight is 239 g/mol. The number of rotatable bonds is 1. The Balaban J connectivity index is 2.49. The molecule has 0 aliphatic rings. The van der Waals surface area contributed by atoms with Crippen LogP contribution in [0.2, 0.25) is 0 Å². The third kappa shape index (κ3) is 1.66. The van der Waals surface area contributed by atoms with Crippen molar-refractivity contribution in [2.24, 2.45) is 0 Å². The molecular weight excluding hydrogens is 230 g/mol. The van der Waals surface area contributed by atoms with E-state index in [0.717, 1.165) is 5.52 Å². The molecule has 0 saturated carbocycles. The first-order chi connectivity index (χ1) is 8.78. The van der Waals surface area contributed by atoms with E-state index in [0.29, 0.717) is 11.0 Å². The number of hydrogen-bond donors (Lipinski definition) is 0. The predicted molar refractivity (Wildman–Crippen MR) is 67.7 cm³/mol. The molecule has 0 atom stereocenters. The molecule has 0 bridgehead atoms. The Kier molecular flexibility index (Phi) is 2.37. The molecule has 0 N–H and O–H groups in total. The Morgan fingerprint density at radius 2 is 1.61 bits per heavy atom. The molecule has 88 valence electrons. The topological polar surface area (TPSA) is 65.0 Å². The lowest BCUT2D eigenvalue weighted by atomic mass is 10.3. The van der Waals surface area contributed by atoms with E-state index >= 15 is 0 Å². The minimum atomic E-state index is -0.440. The zero-order valence-corrected chi connectivity index (χ0v) is 9.62. The molecule has 0 radical (unpaired) electrons. The Hall–Kier alpha value is -2.56. The molecule has 0 unspecified atom stereocenters. The third-order valence-corrected chi connectivity index (χ3v) is 2.60. The molecule has 0 saturated heterocycles. The highest BCUT2D eigenvalue weighted by Crippen LogP contribution is 2.13. The van der Waals surface area contributed by atoms with Gasteiger partial charge in [-0.15, -0.1) is 0 Å². The molecule has 3 rings (SSSR count). The first-order valence-corrected chi connectivity index (χ1v) is 5.40. The molecule has 0 amide bonds. The van der Waals surface area contributed by atoms with E-state index in [4.69, 9.17) is 4.74 Å². The van der Waals surface area contributed by atoms with Gasteiger partial charge in [0.25, 0.3) is 0 Å². The Bertz CT molecular complexity index is 802. The van der Waals surface area contributed by atoms with Gasteiger partial charge < -0.3 is 4.74 Å². The van der Waals surface area contributed by atoms with Crippen molar-refractivity contribution in [2.45, 2.75) is 0 Å². The van der Waals surface area contributed by atoms with Crippen molar-refractivity contribution in [1.29, 1.82) is 0 Å². The van der Waals surface area contributed by atoms with Crippen LogP contribution in [0.15, 0.2) is 41.2 Å². The molecule has 0 aliphatic carbocycles. The van der Waals surface area contributed by atoms with Crippen LogP contribution in [-0.4, -0.2) is 22.1 Å². The molecule has 0 fully saturated rings. The van der Waals surface area contributed by atoms with Crippen LogP contribution < -0.4 is 10.3 Å². The number of benzene rings is 1. The highest BCUT2D eigenvalue weighted by atomic mass is 16.5. The van der Waals surface area contributed by atoms with E-state index in [1.807, 2.05) is 24.3 Å². The summed E-state index contributed by atoms with van der Waals surface area (Å²) in [5, 5.41) is 0. The molecule has 3 aromatic rings. The molecular formula is C13H9N3O2. The molecule has 2 aromatic heterocycles. The minimum Gasteiger partial charge on any atom is -0.481 e. The molecule has 0 aliphatic heterocycles. The smallest absolute Gasteiger partial charge is 0.301 e. The maximum Gasteiger partial charge on any atom is 0.301 e. The lowest BCUT2D eigenvalue weighted by molar-refractivity contribution is 0.397. The lowest BCUT2D eigenvalue weighted by Crippen LogP contribution is -2.05. The van der Waals surface area contributed by atoms with Crippen molar-refractivity contribution in [3.05, 3.63) is 46.8 Å². The second-order valence-corrected chi connectivity index (χ2v) is 3.74. The number of para-hydroxylation sites is 2. The van der Waals surface area contributed by atoms with Gasteiger partial charge >= 0.3 is 5.56 Å². The number of fused-ring (bicyclic) bond motifs is 2. The quantitative estimate of drug-likeness (QED) is 0.644. The maximum atomic E-state index is 11.9. The number of ether oxygens (including phenoxy) is 1. The van der Waals surface area contributed by atoms with Gasteiger partial charge in [0.05, 0.1) is 23.7 Å². The average Bonchev–Trinajstić information content (AvgIpc) is 2.56. The van der Waals surface area contributed by atoms with Crippen LogP contribution in [0.25, 0.3) is 22.1 Å². The fourth-order valence-electron chi connectivity index (χ4n) is 1.74. The summed E-state index contributed by atoms with van der Waals surface area (Å²) in [4.78, 5) is 24.4. The molecule has 5 nitrogen and oxygen atoms in total. The van der Waals surface area contributed by atoms with Crippen LogP contribution >= 0.6 is 0 Å². The zero-order valence-electron chi connectivity index (χ0n) is 9.62. The van der Waals surface area contributed by atoms with E-state index in [9.17, 15) is 4.79 Å². The van der Waals surface area contributed by atoms with Crippen molar-refractivity contribution < 1.29 is 4.74 Å². The van der Waals surface area contributed by atoms with E-state index in [-0.39, 0.29) is 11.4 Å². The van der Waals surface area contributed by atoms with Gasteiger partial charge in [-0.3, -0.25) is 4.79 Å². The van der Waals surface area contributed by atoms with E-state index in [1.54, 1.807) is 12.1 Å². The monoisotopic (exact) mass is 239 g/mol. The largest absolute Gasteiger partial charge is 0.481 e. The van der Waals surface area contributed by atoms with Crippen molar-refractivity contribution in [3.8, 4) is 5.88 Å². The van der Waals surface area contributed by atoms with Crippen molar-refractivity contribution in [2.75, 3.05) is 7.11 Å². The van der Waals surface area contributed by atoms with Crippen molar-refractivity contribution in [1.82, 2.24) is 15.0 Å². The van der Waals surface area contributed by atoms with E-state index < -0.39 is 5.56 Å². The summed E-state index contributed by atoms with van der Waals surface area (Å²) >= 11 is 0. The fraction of sp³-hybridized carbons (Fsp3) is 0.0769. The van der Waals surface area contributed by atoms with Crippen molar-refractivity contribution in [3.63, 3.8) is 0 Å². The fourth-order valence-corrected chi connectivity index (χ4v) is 1.74. The first-order valence-electron chi connectivity index (χ1n) is 5.40. The lowest BCUT2D eigenvalue weighted by Gasteiger charge is -1.96. The number of hydrogen-bond acceptors (Lipinski definition) is 5. The highest BCUT2D eigenvalue weighted by molar-refractivity contribution is 5.85. The summed E-state index contributed by atoms with van der Waals surface area (Å²) in [7, 11) is 1.46. The van der Waals surface area contributed by atoms with Gasteiger partial charge in [0, 0.05) is 6.07 Å². The maximum absolute atomic E-state index is 11.9. The molecule has 1 aromatic carbocycles. The molecule has 5 heteroatoms. The van der Waals surface area contributed by atoms with Crippen LogP contribution in [-0.2, 0) is 0 Å². The van der Waals surface area contributed by atoms with E-state index in [2.05, 4.69) is 15.0 Å². The summed E-state index contributed by atoms with van der Waals surface area (Å²) in [5.41, 5.74) is 1.74. The van der Waals surface area contributed by atoms with Gasteiger partial charge in [-0.25, -0.2) is 9.97 Å². The summed E-state index contributed by atoms with van der Waals surface area (Å²) < 4.78 is 4.96. The Morgan fingerprint density at radius 1 is 0.889 bits per heavy atom. The van der Waals surface area contributed by atoms with E-state index in [1.165, 1.54) is 7.11 Å². The van der Waals surface area contributed by atoms with Gasteiger partial charge in [0.2, 0.25) is 5.88 Å². The standard InChI is InChI=1S/C13H9N3O2/c1-18-11-7-6-10-12(13(17)16-11)15-9-5-3-2-4-8(9)14-10/h2-7H,1H3. The van der Waals surface area contributed by atoms with Crippen LogP contribution in [0.3, 0.4) is 0 Å². The Labute approximate surface area is 102 Å². The predicted octanol–water partition coefficient (Wildman–Crippen LogP) is 1.55. The second-order valence-electron chi connectivity index (χ2n) is 3.74. The van der Waals surface area contributed by atoms with Crippen LogP contribution in [0, 0.1) is 0 Å². The van der Waals surface area contributed by atoms with Gasteiger partial charge in [0.1, 0.15) is 0 Å². The van der Waals surface area contributed by atoms with Gasteiger partial charge in [-0.2, -0.15) is 4.98 Å². The molecule has 0 spiro atoms. The van der Waals surface area contributed by atoms with Gasteiger partial charge in [0.15, 0.2) is 5.52 Å². The summed E-state index contributed by atoms with van der Waals surface area (Å²) in [6.07, 6.45) is 0.